The second-order valence-electron chi connectivity index (χ2n) is 4.06. The fraction of sp³-hybridized carbons (Fsp3) is 0.583. The first-order valence-electron chi connectivity index (χ1n) is 5.48. The van der Waals surface area contributed by atoms with Gasteiger partial charge >= 0.3 is 0 Å². The fourth-order valence-corrected chi connectivity index (χ4v) is 1.44. The second-order valence-corrected chi connectivity index (χ2v) is 4.06. The average molecular weight is 208 g/mol. The van der Waals surface area contributed by atoms with Gasteiger partial charge in [-0.15, -0.1) is 0 Å². The zero-order valence-corrected chi connectivity index (χ0v) is 9.48. The van der Waals surface area contributed by atoms with Crippen LogP contribution < -0.4 is 5.32 Å². The Bertz CT molecular complexity index is 262. The number of rotatable bonds is 6. The van der Waals surface area contributed by atoms with Gasteiger partial charge in [-0.2, -0.15) is 0 Å². The Morgan fingerprint density at radius 2 is 2.20 bits per heavy atom. The predicted octanol–water partition coefficient (Wildman–Crippen LogP) is 1.23. The quantitative estimate of drug-likeness (QED) is 0.739. The Morgan fingerprint density at radius 1 is 1.40 bits per heavy atom. The van der Waals surface area contributed by atoms with Gasteiger partial charge in [0.2, 0.25) is 0 Å². The molecule has 15 heavy (non-hydrogen) atoms. The van der Waals surface area contributed by atoms with Crippen LogP contribution in [0.1, 0.15) is 19.5 Å². The van der Waals surface area contributed by atoms with E-state index in [9.17, 15) is 0 Å². The lowest BCUT2D eigenvalue weighted by molar-refractivity contribution is 0.211. The maximum atomic E-state index is 9.12. The third kappa shape index (κ3) is 4.40. The minimum absolute atomic E-state index is 0.189. The molecule has 0 amide bonds. The number of nitrogens with zero attached hydrogens (tertiary/aromatic N) is 1. The van der Waals surface area contributed by atoms with Crippen molar-refractivity contribution >= 4 is 0 Å². The third-order valence-electron chi connectivity index (χ3n) is 2.52. The van der Waals surface area contributed by atoms with Crippen molar-refractivity contribution in [2.24, 2.45) is 5.92 Å². The van der Waals surface area contributed by atoms with Crippen LogP contribution in [0.2, 0.25) is 0 Å². The Labute approximate surface area is 91.5 Å². The predicted molar refractivity (Wildman–Crippen MR) is 61.7 cm³/mol. The number of hydrogen-bond acceptors (Lipinski definition) is 3. The summed E-state index contributed by atoms with van der Waals surface area (Å²) in [6.45, 7) is 5.27. The lowest BCUT2D eigenvalue weighted by atomic mass is 10.1. The molecular weight excluding hydrogens is 188 g/mol. The van der Waals surface area contributed by atoms with Crippen molar-refractivity contribution < 1.29 is 5.11 Å². The van der Waals surface area contributed by atoms with E-state index in [1.54, 1.807) is 6.20 Å². The first-order chi connectivity index (χ1) is 7.24. The molecule has 1 heterocycles. The van der Waals surface area contributed by atoms with Crippen LogP contribution in [0.5, 0.6) is 0 Å². The maximum absolute atomic E-state index is 9.12. The van der Waals surface area contributed by atoms with Gasteiger partial charge < -0.3 is 10.4 Å². The molecule has 0 aromatic carbocycles. The first-order valence-corrected chi connectivity index (χ1v) is 5.48. The van der Waals surface area contributed by atoms with Crippen molar-refractivity contribution in [2.75, 3.05) is 13.2 Å². The van der Waals surface area contributed by atoms with Crippen LogP contribution in [0, 0.1) is 5.92 Å². The van der Waals surface area contributed by atoms with Crippen LogP contribution in [0.3, 0.4) is 0 Å². The van der Waals surface area contributed by atoms with E-state index in [2.05, 4.69) is 24.1 Å². The van der Waals surface area contributed by atoms with E-state index in [1.165, 1.54) is 0 Å². The molecule has 0 spiro atoms. The van der Waals surface area contributed by atoms with Gasteiger partial charge in [-0.1, -0.05) is 19.9 Å². The smallest absolute Gasteiger partial charge is 0.0587 e. The topological polar surface area (TPSA) is 45.1 Å². The molecule has 1 aromatic heterocycles. The molecule has 84 valence electrons. The Balaban J connectivity index is 2.27. The zero-order chi connectivity index (χ0) is 11.1. The van der Waals surface area contributed by atoms with Gasteiger partial charge in [0.05, 0.1) is 6.61 Å². The summed E-state index contributed by atoms with van der Waals surface area (Å²) >= 11 is 0. The summed E-state index contributed by atoms with van der Waals surface area (Å²) in [5.74, 6) is 0.457. The molecular formula is C12H20N2O. The summed E-state index contributed by atoms with van der Waals surface area (Å²) in [6.07, 6.45) is 2.71. The van der Waals surface area contributed by atoms with Crippen LogP contribution >= 0.6 is 0 Å². The molecule has 3 nitrogen and oxygen atoms in total. The van der Waals surface area contributed by atoms with Crippen molar-refractivity contribution in [3.05, 3.63) is 30.1 Å². The first kappa shape index (κ1) is 12.1. The molecule has 1 aromatic rings. The van der Waals surface area contributed by atoms with Crippen molar-refractivity contribution in [3.63, 3.8) is 0 Å². The molecule has 0 bridgehead atoms. The van der Waals surface area contributed by atoms with E-state index in [0.717, 1.165) is 18.7 Å². The lowest BCUT2D eigenvalue weighted by Gasteiger charge is -2.19. The zero-order valence-electron chi connectivity index (χ0n) is 9.48. The number of aliphatic hydroxyl groups is 1. The highest BCUT2D eigenvalue weighted by atomic mass is 16.3. The summed E-state index contributed by atoms with van der Waals surface area (Å²) in [5.41, 5.74) is 1.09. The van der Waals surface area contributed by atoms with Crippen molar-refractivity contribution in [1.82, 2.24) is 10.3 Å². The van der Waals surface area contributed by atoms with E-state index in [-0.39, 0.29) is 12.6 Å². The van der Waals surface area contributed by atoms with E-state index in [1.807, 2.05) is 18.2 Å². The molecule has 0 saturated heterocycles. The number of hydrogen-bond donors (Lipinski definition) is 2. The molecule has 3 heteroatoms. The van der Waals surface area contributed by atoms with E-state index in [0.29, 0.717) is 5.92 Å². The number of nitrogens with one attached hydrogen (secondary N) is 1. The van der Waals surface area contributed by atoms with E-state index < -0.39 is 0 Å². The van der Waals surface area contributed by atoms with Gasteiger partial charge in [-0.25, -0.2) is 0 Å². The molecule has 0 aliphatic heterocycles. The molecule has 1 rings (SSSR count). The van der Waals surface area contributed by atoms with Gasteiger partial charge in [0, 0.05) is 30.9 Å². The fourth-order valence-electron chi connectivity index (χ4n) is 1.44. The Morgan fingerprint density at radius 3 is 2.73 bits per heavy atom. The summed E-state index contributed by atoms with van der Waals surface area (Å²) in [7, 11) is 0. The SMILES string of the molecule is CC(C)C(CO)NCCc1ccccn1. The highest BCUT2D eigenvalue weighted by molar-refractivity contribution is 5.03. The van der Waals surface area contributed by atoms with Gasteiger partial charge in [0.1, 0.15) is 0 Å². The summed E-state index contributed by atoms with van der Waals surface area (Å²) < 4.78 is 0. The van der Waals surface area contributed by atoms with Crippen LogP contribution in [0.15, 0.2) is 24.4 Å². The minimum Gasteiger partial charge on any atom is -0.395 e. The minimum atomic E-state index is 0.189. The number of pyridine rings is 1. The third-order valence-corrected chi connectivity index (χ3v) is 2.52. The normalized spacial score (nSPS) is 13.1. The molecule has 1 unspecified atom stereocenters. The van der Waals surface area contributed by atoms with Gasteiger partial charge in [0.25, 0.3) is 0 Å². The second kappa shape index (κ2) is 6.53. The Kier molecular flexibility index (Phi) is 5.29. The standard InChI is InChI=1S/C12H20N2O/c1-10(2)12(9-15)14-8-6-11-5-3-4-7-13-11/h3-5,7,10,12,14-15H,6,8-9H2,1-2H3. The largest absolute Gasteiger partial charge is 0.395 e. The van der Waals surface area contributed by atoms with Crippen LogP contribution in [0.25, 0.3) is 0 Å². The van der Waals surface area contributed by atoms with Crippen molar-refractivity contribution in [1.29, 1.82) is 0 Å². The summed E-state index contributed by atoms with van der Waals surface area (Å²) in [5, 5.41) is 12.4. The van der Waals surface area contributed by atoms with Crippen molar-refractivity contribution in [2.45, 2.75) is 26.3 Å². The summed E-state index contributed by atoms with van der Waals surface area (Å²) in [4.78, 5) is 4.24. The van der Waals surface area contributed by atoms with E-state index >= 15 is 0 Å². The molecule has 0 aliphatic rings. The summed E-state index contributed by atoms with van der Waals surface area (Å²) in [6, 6.07) is 6.12. The van der Waals surface area contributed by atoms with Gasteiger partial charge in [-0.3, -0.25) is 4.98 Å². The van der Waals surface area contributed by atoms with Crippen molar-refractivity contribution in [3.8, 4) is 0 Å². The number of aromatic nitrogens is 1. The molecule has 0 fully saturated rings. The molecule has 1 atom stereocenters. The van der Waals surface area contributed by atoms with Crippen LogP contribution in [0.4, 0.5) is 0 Å². The maximum Gasteiger partial charge on any atom is 0.0587 e. The van der Waals surface area contributed by atoms with Crippen LogP contribution in [-0.4, -0.2) is 29.3 Å². The molecule has 0 radical (unpaired) electrons. The number of aliphatic hydroxyl groups excluding tert-OH is 1. The van der Waals surface area contributed by atoms with Gasteiger partial charge in [-0.05, 0) is 18.1 Å². The molecule has 0 saturated carbocycles. The Hall–Kier alpha value is -0.930. The molecule has 0 aliphatic carbocycles. The molecule has 2 N–H and O–H groups in total. The van der Waals surface area contributed by atoms with Gasteiger partial charge in [0.15, 0.2) is 0 Å². The lowest BCUT2D eigenvalue weighted by Crippen LogP contribution is -2.38. The highest BCUT2D eigenvalue weighted by Crippen LogP contribution is 2.00. The average Bonchev–Trinajstić information content (AvgIpc) is 2.25. The van der Waals surface area contributed by atoms with Crippen LogP contribution in [-0.2, 0) is 6.42 Å². The highest BCUT2D eigenvalue weighted by Gasteiger charge is 2.10. The monoisotopic (exact) mass is 208 g/mol. The van der Waals surface area contributed by atoms with E-state index in [4.69, 9.17) is 5.11 Å².